The lowest BCUT2D eigenvalue weighted by Gasteiger charge is -2.11. The number of methoxy groups -OCH3 is 1. The van der Waals surface area contributed by atoms with Gasteiger partial charge in [-0.25, -0.2) is 9.18 Å². The summed E-state index contributed by atoms with van der Waals surface area (Å²) in [4.78, 5) is 16.4. The molecule has 2 aromatic heterocycles. The van der Waals surface area contributed by atoms with E-state index in [1.807, 2.05) is 18.2 Å². The number of aromatic nitrogens is 2. The summed E-state index contributed by atoms with van der Waals surface area (Å²) >= 11 is 6.24. The van der Waals surface area contributed by atoms with Gasteiger partial charge >= 0.3 is 5.97 Å². The van der Waals surface area contributed by atoms with Crippen LogP contribution in [0.3, 0.4) is 0 Å². The summed E-state index contributed by atoms with van der Waals surface area (Å²) in [6, 6.07) is 13.3. The molecule has 0 aliphatic heterocycles. The van der Waals surface area contributed by atoms with Crippen molar-refractivity contribution in [1.29, 1.82) is 0 Å². The molecule has 0 aliphatic rings. The molecule has 4 aromatic rings. The Balaban J connectivity index is 1.78. The highest BCUT2D eigenvalue weighted by Crippen LogP contribution is 2.31. The summed E-state index contributed by atoms with van der Waals surface area (Å²) in [5.41, 5.74) is 3.10. The first-order valence-electron chi connectivity index (χ1n) is 9.94. The highest BCUT2D eigenvalue weighted by molar-refractivity contribution is 6.31. The second-order valence-electron chi connectivity index (χ2n) is 7.30. The Hall–Kier alpha value is -3.42. The van der Waals surface area contributed by atoms with Crippen molar-refractivity contribution >= 4 is 28.5 Å². The molecule has 32 heavy (non-hydrogen) atoms. The fourth-order valence-corrected chi connectivity index (χ4v) is 4.00. The van der Waals surface area contributed by atoms with E-state index in [4.69, 9.17) is 16.3 Å². The maximum Gasteiger partial charge on any atom is 0.352 e. The van der Waals surface area contributed by atoms with E-state index < -0.39 is 11.8 Å². The molecule has 6 nitrogen and oxygen atoms in total. The zero-order valence-corrected chi connectivity index (χ0v) is 18.1. The fraction of sp³-hybridized carbons (Fsp3) is 0.167. The molecule has 2 heterocycles. The van der Waals surface area contributed by atoms with Crippen LogP contribution in [0.25, 0.3) is 10.9 Å². The molecule has 0 aliphatic carbocycles. The Morgan fingerprint density at radius 2 is 2.06 bits per heavy atom. The molecule has 2 N–H and O–H groups in total. The number of nitrogens with one attached hydrogen (secondary N) is 1. The van der Waals surface area contributed by atoms with E-state index in [0.29, 0.717) is 35.5 Å². The number of hydrogen-bond acceptors (Lipinski definition) is 4. The van der Waals surface area contributed by atoms with Crippen LogP contribution in [0.4, 0.5) is 4.39 Å². The van der Waals surface area contributed by atoms with Gasteiger partial charge in [0.2, 0.25) is 0 Å². The van der Waals surface area contributed by atoms with E-state index in [2.05, 4.69) is 10.3 Å². The van der Waals surface area contributed by atoms with E-state index in [1.165, 1.54) is 12.1 Å². The minimum atomic E-state index is -1.06. The number of pyridine rings is 1. The topological polar surface area (TPSA) is 76.4 Å². The van der Waals surface area contributed by atoms with Crippen molar-refractivity contribution in [1.82, 2.24) is 14.9 Å². The number of ether oxygens (including phenoxy) is 1. The summed E-state index contributed by atoms with van der Waals surface area (Å²) in [5, 5.41) is 14.4. The highest BCUT2D eigenvalue weighted by Gasteiger charge is 2.23. The number of carboxylic acids is 1. The van der Waals surface area contributed by atoms with E-state index in [-0.39, 0.29) is 17.3 Å². The summed E-state index contributed by atoms with van der Waals surface area (Å²) in [6.45, 7) is 1.05. The number of halogens is 2. The minimum Gasteiger partial charge on any atom is -0.497 e. The average Bonchev–Trinajstić information content (AvgIpc) is 3.09. The molecule has 4 rings (SSSR count). The smallest absolute Gasteiger partial charge is 0.352 e. The van der Waals surface area contributed by atoms with Gasteiger partial charge in [0.1, 0.15) is 17.3 Å². The number of carbonyl (C=O) groups is 1. The van der Waals surface area contributed by atoms with Crippen LogP contribution in [0.1, 0.15) is 27.2 Å². The SMILES string of the molecule is COc1ccc2c(CNCc3cccnc3)c(C(=O)O)n(Cc3ccc(F)cc3Cl)c2c1. The minimum absolute atomic E-state index is 0.146. The normalized spacial score (nSPS) is 11.1. The molecule has 164 valence electrons. The van der Waals surface area contributed by atoms with E-state index >= 15 is 0 Å². The lowest BCUT2D eigenvalue weighted by Crippen LogP contribution is -2.17. The van der Waals surface area contributed by atoms with Crippen molar-refractivity contribution in [2.45, 2.75) is 19.6 Å². The highest BCUT2D eigenvalue weighted by atomic mass is 35.5. The van der Waals surface area contributed by atoms with Crippen molar-refractivity contribution in [3.63, 3.8) is 0 Å². The van der Waals surface area contributed by atoms with E-state index in [9.17, 15) is 14.3 Å². The molecule has 2 aromatic carbocycles. The van der Waals surface area contributed by atoms with Gasteiger partial charge in [0.25, 0.3) is 0 Å². The Labute approximate surface area is 189 Å². The predicted molar refractivity (Wildman–Crippen MR) is 121 cm³/mol. The van der Waals surface area contributed by atoms with Crippen LogP contribution in [0.15, 0.2) is 60.9 Å². The zero-order valence-electron chi connectivity index (χ0n) is 17.3. The molecule has 0 radical (unpaired) electrons. The van der Waals surface area contributed by atoms with Gasteiger partial charge in [0.15, 0.2) is 0 Å². The van der Waals surface area contributed by atoms with Crippen molar-refractivity contribution in [2.75, 3.05) is 7.11 Å². The zero-order chi connectivity index (χ0) is 22.7. The van der Waals surface area contributed by atoms with Crippen molar-refractivity contribution in [2.24, 2.45) is 0 Å². The molecular weight excluding hydrogens is 433 g/mol. The summed E-state index contributed by atoms with van der Waals surface area (Å²) in [6.07, 6.45) is 3.46. The number of fused-ring (bicyclic) bond motifs is 1. The van der Waals surface area contributed by atoms with Crippen LogP contribution in [-0.2, 0) is 19.6 Å². The summed E-state index contributed by atoms with van der Waals surface area (Å²) < 4.78 is 20.6. The standard InChI is InChI=1S/C24H21ClFN3O3/c1-32-18-6-7-19-20(13-28-12-15-3-2-8-27-11-15)23(24(30)31)29(22(19)10-18)14-16-4-5-17(26)9-21(16)25/h2-11,28H,12-14H2,1H3,(H,30,31). The summed E-state index contributed by atoms with van der Waals surface area (Å²) in [7, 11) is 1.56. The van der Waals surface area contributed by atoms with Gasteiger partial charge in [-0.05, 0) is 41.5 Å². The number of carboxylic acid groups (broad SMARTS) is 1. The first kappa shape index (κ1) is 21.8. The van der Waals surface area contributed by atoms with Crippen LogP contribution in [-0.4, -0.2) is 27.7 Å². The molecule has 0 bridgehead atoms. The van der Waals surface area contributed by atoms with E-state index in [0.717, 1.165) is 10.9 Å². The molecular formula is C24H21ClFN3O3. The molecule has 0 spiro atoms. The first-order valence-corrected chi connectivity index (χ1v) is 10.3. The molecule has 8 heteroatoms. The predicted octanol–water partition coefficient (Wildman–Crippen LogP) is 4.87. The maximum atomic E-state index is 13.5. The lowest BCUT2D eigenvalue weighted by molar-refractivity contribution is 0.0684. The largest absolute Gasteiger partial charge is 0.497 e. The number of hydrogen-bond donors (Lipinski definition) is 2. The first-order chi connectivity index (χ1) is 15.5. The third-order valence-corrected chi connectivity index (χ3v) is 5.63. The average molecular weight is 454 g/mol. The van der Waals surface area contributed by atoms with Crippen molar-refractivity contribution < 1.29 is 19.0 Å². The Morgan fingerprint density at radius 1 is 1.22 bits per heavy atom. The second-order valence-corrected chi connectivity index (χ2v) is 7.71. The molecule has 0 amide bonds. The number of benzene rings is 2. The molecule has 0 saturated carbocycles. The van der Waals surface area contributed by atoms with Gasteiger partial charge in [0, 0.05) is 54.1 Å². The van der Waals surface area contributed by atoms with Crippen LogP contribution >= 0.6 is 11.6 Å². The van der Waals surface area contributed by atoms with Gasteiger partial charge < -0.3 is 19.7 Å². The van der Waals surface area contributed by atoms with Gasteiger partial charge in [-0.2, -0.15) is 0 Å². The number of aromatic carboxylic acids is 1. The van der Waals surface area contributed by atoms with Crippen molar-refractivity contribution in [3.8, 4) is 5.75 Å². The Bertz CT molecular complexity index is 1270. The third kappa shape index (κ3) is 4.44. The number of nitrogens with zero attached hydrogens (tertiary/aromatic N) is 2. The van der Waals surface area contributed by atoms with Crippen LogP contribution < -0.4 is 10.1 Å². The monoisotopic (exact) mass is 453 g/mol. The molecule has 0 unspecified atom stereocenters. The maximum absolute atomic E-state index is 13.5. The van der Waals surface area contributed by atoms with Crippen LogP contribution in [0.2, 0.25) is 5.02 Å². The van der Waals surface area contributed by atoms with Crippen LogP contribution in [0.5, 0.6) is 5.75 Å². The lowest BCUT2D eigenvalue weighted by atomic mass is 10.1. The van der Waals surface area contributed by atoms with Gasteiger partial charge in [-0.3, -0.25) is 4.98 Å². The van der Waals surface area contributed by atoms with Gasteiger partial charge in [-0.15, -0.1) is 0 Å². The van der Waals surface area contributed by atoms with Gasteiger partial charge in [-0.1, -0.05) is 23.7 Å². The molecule has 0 atom stereocenters. The quantitative estimate of drug-likeness (QED) is 0.398. The Kier molecular flexibility index (Phi) is 6.39. The molecule has 0 fully saturated rings. The van der Waals surface area contributed by atoms with Gasteiger partial charge in [0.05, 0.1) is 12.6 Å². The van der Waals surface area contributed by atoms with Crippen LogP contribution in [0, 0.1) is 5.82 Å². The number of rotatable bonds is 8. The Morgan fingerprint density at radius 3 is 2.75 bits per heavy atom. The summed E-state index contributed by atoms with van der Waals surface area (Å²) in [5.74, 6) is -0.902. The molecule has 0 saturated heterocycles. The fourth-order valence-electron chi connectivity index (χ4n) is 3.77. The van der Waals surface area contributed by atoms with Crippen molar-refractivity contribution in [3.05, 3.63) is 94.1 Å². The second kappa shape index (κ2) is 9.38. The van der Waals surface area contributed by atoms with E-state index in [1.54, 1.807) is 42.3 Å². The third-order valence-electron chi connectivity index (χ3n) is 5.28.